The first-order valence-electron chi connectivity index (χ1n) is 7.15. The van der Waals surface area contributed by atoms with Crippen molar-refractivity contribution < 1.29 is 9.90 Å². The van der Waals surface area contributed by atoms with Crippen LogP contribution in [0.1, 0.15) is 18.1 Å². The molecule has 0 aromatic heterocycles. The van der Waals surface area contributed by atoms with Crippen molar-refractivity contribution in [3.8, 4) is 5.75 Å². The average molecular weight is 309 g/mol. The second-order valence-corrected chi connectivity index (χ2v) is 5.43. The summed E-state index contributed by atoms with van der Waals surface area (Å²) in [5.74, 6) is -0.0933. The summed E-state index contributed by atoms with van der Waals surface area (Å²) in [7, 11) is 0. The zero-order valence-corrected chi connectivity index (χ0v) is 13.4. The minimum atomic E-state index is -0.223. The van der Waals surface area contributed by atoms with E-state index in [0.29, 0.717) is 22.6 Å². The molecule has 0 saturated carbocycles. The van der Waals surface area contributed by atoms with Gasteiger partial charge in [0.15, 0.2) is 0 Å². The summed E-state index contributed by atoms with van der Waals surface area (Å²) in [4.78, 5) is 11.5. The van der Waals surface area contributed by atoms with Crippen LogP contribution < -0.4 is 5.32 Å². The maximum atomic E-state index is 11.5. The van der Waals surface area contributed by atoms with Crippen LogP contribution in [0.5, 0.6) is 5.75 Å². The molecular weight excluding hydrogens is 290 g/mol. The third-order valence-corrected chi connectivity index (χ3v) is 3.21. The lowest BCUT2D eigenvalue weighted by Crippen LogP contribution is -2.11. The number of aromatic hydroxyl groups is 1. The number of phenols is 1. The monoisotopic (exact) mass is 309 g/mol. The van der Waals surface area contributed by atoms with Gasteiger partial charge in [-0.3, -0.25) is 4.79 Å². The number of carbonyl (C=O) groups is 1. The van der Waals surface area contributed by atoms with Crippen molar-refractivity contribution in [3.63, 3.8) is 0 Å². The molecule has 2 aromatic rings. The van der Waals surface area contributed by atoms with E-state index in [2.05, 4.69) is 22.1 Å². The second kappa shape index (κ2) is 6.87. The van der Waals surface area contributed by atoms with Crippen LogP contribution in [0.15, 0.2) is 58.8 Å². The third kappa shape index (κ3) is 4.26. The van der Waals surface area contributed by atoms with Gasteiger partial charge in [0.25, 0.3) is 5.91 Å². The third-order valence-electron chi connectivity index (χ3n) is 3.21. The van der Waals surface area contributed by atoms with E-state index < -0.39 is 0 Å². The number of benzene rings is 2. The Morgan fingerprint density at radius 3 is 2.39 bits per heavy atom. The Morgan fingerprint density at radius 2 is 1.78 bits per heavy atom. The molecule has 0 saturated heterocycles. The maximum Gasteiger partial charge on any atom is 0.250 e. The van der Waals surface area contributed by atoms with E-state index in [1.807, 2.05) is 19.9 Å². The van der Waals surface area contributed by atoms with E-state index >= 15 is 0 Å². The Morgan fingerprint density at radius 1 is 1.13 bits per heavy atom. The molecule has 5 nitrogen and oxygen atoms in total. The molecule has 0 spiro atoms. The number of nitrogens with one attached hydrogen (secondary N) is 1. The molecule has 2 aromatic carbocycles. The molecule has 0 fully saturated rings. The van der Waals surface area contributed by atoms with Crippen molar-refractivity contribution in [2.45, 2.75) is 20.8 Å². The van der Waals surface area contributed by atoms with Gasteiger partial charge in [0.2, 0.25) is 0 Å². The van der Waals surface area contributed by atoms with E-state index in [0.717, 1.165) is 11.1 Å². The highest BCUT2D eigenvalue weighted by Crippen LogP contribution is 2.32. The molecule has 0 unspecified atom stereocenters. The van der Waals surface area contributed by atoms with Crippen LogP contribution >= 0.6 is 0 Å². The molecule has 0 atom stereocenters. The zero-order valence-electron chi connectivity index (χ0n) is 13.4. The number of carbonyl (C=O) groups excluding carboxylic acids is 1. The number of hydrogen-bond donors (Lipinski definition) is 2. The SMILES string of the molecule is C=C(C)C(=O)Nc1ccc(N=Nc2cc(C)cc(C)c2O)cc1. The van der Waals surface area contributed by atoms with E-state index in [-0.39, 0.29) is 11.7 Å². The fourth-order valence-corrected chi connectivity index (χ4v) is 1.97. The van der Waals surface area contributed by atoms with Crippen LogP contribution in [-0.2, 0) is 4.79 Å². The largest absolute Gasteiger partial charge is 0.505 e. The van der Waals surface area contributed by atoms with E-state index in [1.54, 1.807) is 37.3 Å². The molecule has 2 rings (SSSR count). The summed E-state index contributed by atoms with van der Waals surface area (Å²) < 4.78 is 0. The molecule has 2 N–H and O–H groups in total. The number of aryl methyl sites for hydroxylation is 2. The van der Waals surface area contributed by atoms with Crippen molar-refractivity contribution in [2.75, 3.05) is 5.32 Å². The van der Waals surface area contributed by atoms with Gasteiger partial charge in [0, 0.05) is 11.3 Å². The highest BCUT2D eigenvalue weighted by atomic mass is 16.3. The van der Waals surface area contributed by atoms with Gasteiger partial charge < -0.3 is 10.4 Å². The molecule has 0 aliphatic rings. The summed E-state index contributed by atoms with van der Waals surface area (Å²) in [6, 6.07) is 10.6. The first kappa shape index (κ1) is 16.4. The minimum Gasteiger partial charge on any atom is -0.505 e. The number of nitrogens with zero attached hydrogens (tertiary/aromatic N) is 2. The van der Waals surface area contributed by atoms with Gasteiger partial charge in [0.1, 0.15) is 11.4 Å². The molecule has 0 bridgehead atoms. The molecule has 0 aliphatic heterocycles. The van der Waals surface area contributed by atoms with Gasteiger partial charge in [-0.25, -0.2) is 0 Å². The number of phenolic OH excluding ortho intramolecular Hbond substituents is 1. The smallest absolute Gasteiger partial charge is 0.250 e. The fourth-order valence-electron chi connectivity index (χ4n) is 1.97. The van der Waals surface area contributed by atoms with Gasteiger partial charge in [0.05, 0.1) is 5.69 Å². The number of anilines is 1. The Labute approximate surface area is 135 Å². The van der Waals surface area contributed by atoms with Crippen molar-refractivity contribution in [1.82, 2.24) is 0 Å². The quantitative estimate of drug-likeness (QED) is 0.620. The van der Waals surface area contributed by atoms with Crippen LogP contribution in [0.2, 0.25) is 0 Å². The summed E-state index contributed by atoms with van der Waals surface area (Å²) >= 11 is 0. The Kier molecular flexibility index (Phi) is 4.91. The molecule has 5 heteroatoms. The number of rotatable bonds is 4. The molecular formula is C18H19N3O2. The van der Waals surface area contributed by atoms with Gasteiger partial charge in [-0.15, -0.1) is 5.11 Å². The summed E-state index contributed by atoms with van der Waals surface area (Å²) in [5, 5.41) is 20.9. The van der Waals surface area contributed by atoms with Gasteiger partial charge in [-0.2, -0.15) is 5.11 Å². The lowest BCUT2D eigenvalue weighted by Gasteiger charge is -2.05. The van der Waals surface area contributed by atoms with Crippen LogP contribution in [0.4, 0.5) is 17.1 Å². The topological polar surface area (TPSA) is 74.0 Å². The number of azo groups is 1. The van der Waals surface area contributed by atoms with Crippen LogP contribution in [0.3, 0.4) is 0 Å². The van der Waals surface area contributed by atoms with Crippen molar-refractivity contribution in [1.29, 1.82) is 0 Å². The second-order valence-electron chi connectivity index (χ2n) is 5.43. The Hall–Kier alpha value is -2.95. The maximum absolute atomic E-state index is 11.5. The number of amides is 1. The number of hydrogen-bond acceptors (Lipinski definition) is 4. The van der Waals surface area contributed by atoms with Crippen molar-refractivity contribution in [3.05, 3.63) is 59.7 Å². The van der Waals surface area contributed by atoms with Gasteiger partial charge in [-0.05, 0) is 62.2 Å². The van der Waals surface area contributed by atoms with Crippen molar-refractivity contribution in [2.24, 2.45) is 10.2 Å². The molecule has 1 amide bonds. The standard InChI is InChI=1S/C18H19N3O2/c1-11(2)18(23)19-14-5-7-15(8-6-14)20-21-16-10-12(3)9-13(4)17(16)22/h5-10,22H,1H2,2-4H3,(H,19,23). The molecule has 0 radical (unpaired) electrons. The van der Waals surface area contributed by atoms with Crippen LogP contribution in [0.25, 0.3) is 0 Å². The molecule has 0 aliphatic carbocycles. The zero-order chi connectivity index (χ0) is 17.0. The van der Waals surface area contributed by atoms with Crippen LogP contribution in [-0.4, -0.2) is 11.0 Å². The lowest BCUT2D eigenvalue weighted by molar-refractivity contribution is -0.112. The highest BCUT2D eigenvalue weighted by Gasteiger charge is 2.05. The van der Waals surface area contributed by atoms with Crippen LogP contribution in [0, 0.1) is 13.8 Å². The summed E-state index contributed by atoms with van der Waals surface area (Å²) in [6.45, 7) is 8.99. The summed E-state index contributed by atoms with van der Waals surface area (Å²) in [5.41, 5.74) is 3.92. The van der Waals surface area contributed by atoms with E-state index in [4.69, 9.17) is 0 Å². The highest BCUT2D eigenvalue weighted by molar-refractivity contribution is 6.02. The van der Waals surface area contributed by atoms with Gasteiger partial charge >= 0.3 is 0 Å². The van der Waals surface area contributed by atoms with E-state index in [1.165, 1.54) is 0 Å². The average Bonchev–Trinajstić information content (AvgIpc) is 2.50. The first-order chi connectivity index (χ1) is 10.9. The lowest BCUT2D eigenvalue weighted by atomic mass is 10.1. The molecule has 23 heavy (non-hydrogen) atoms. The predicted octanol–water partition coefficient (Wildman–Crippen LogP) is 4.94. The molecule has 118 valence electrons. The van der Waals surface area contributed by atoms with Crippen molar-refractivity contribution >= 4 is 23.0 Å². The normalized spacial score (nSPS) is 10.7. The minimum absolute atomic E-state index is 0.129. The Bertz CT molecular complexity index is 778. The summed E-state index contributed by atoms with van der Waals surface area (Å²) in [6.07, 6.45) is 0. The molecule has 0 heterocycles. The predicted molar refractivity (Wildman–Crippen MR) is 91.6 cm³/mol. The van der Waals surface area contributed by atoms with Gasteiger partial charge in [-0.1, -0.05) is 12.6 Å². The van der Waals surface area contributed by atoms with E-state index in [9.17, 15) is 9.90 Å². The first-order valence-corrected chi connectivity index (χ1v) is 7.15. The Balaban J connectivity index is 2.15. The fraction of sp³-hybridized carbons (Fsp3) is 0.167.